The second kappa shape index (κ2) is 8.22. The molecule has 1 aromatic rings. The van der Waals surface area contributed by atoms with Crippen molar-refractivity contribution >= 4 is 35.0 Å². The summed E-state index contributed by atoms with van der Waals surface area (Å²) < 4.78 is 0. The van der Waals surface area contributed by atoms with Gasteiger partial charge in [0.15, 0.2) is 0 Å². The minimum Gasteiger partial charge on any atom is -0.391 e. The van der Waals surface area contributed by atoms with E-state index >= 15 is 0 Å². The molecular weight excluding hydrogens is 315 g/mol. The van der Waals surface area contributed by atoms with E-state index in [-0.39, 0.29) is 35.5 Å². The van der Waals surface area contributed by atoms with Crippen LogP contribution < -0.4 is 10.6 Å². The number of nitrogens with one attached hydrogen (secondary N) is 2. The van der Waals surface area contributed by atoms with Gasteiger partial charge in [-0.3, -0.25) is 9.59 Å². The summed E-state index contributed by atoms with van der Waals surface area (Å²) in [5, 5.41) is 15.2. The van der Waals surface area contributed by atoms with E-state index in [0.29, 0.717) is 5.02 Å². The summed E-state index contributed by atoms with van der Waals surface area (Å²) in [5.41, 5.74) is 0.246. The van der Waals surface area contributed by atoms with E-state index in [9.17, 15) is 14.7 Å². The Morgan fingerprint density at radius 3 is 2.48 bits per heavy atom. The number of aliphatic hydroxyl groups is 1. The smallest absolute Gasteiger partial charge is 0.253 e. The van der Waals surface area contributed by atoms with Crippen molar-refractivity contribution in [2.45, 2.75) is 20.0 Å². The SMILES string of the molecule is CC(C)C(O)CNC(=O)CNC(=O)c1ccc(Cl)cc1Cl. The number of hydrogen-bond acceptors (Lipinski definition) is 3. The van der Waals surface area contributed by atoms with E-state index < -0.39 is 12.0 Å². The molecule has 7 heteroatoms. The first kappa shape index (κ1) is 17.8. The topological polar surface area (TPSA) is 78.4 Å². The highest BCUT2D eigenvalue weighted by atomic mass is 35.5. The molecule has 0 saturated carbocycles. The van der Waals surface area contributed by atoms with Crippen molar-refractivity contribution in [1.82, 2.24) is 10.6 Å². The summed E-state index contributed by atoms with van der Waals surface area (Å²) in [4.78, 5) is 23.4. The molecule has 1 aromatic carbocycles. The van der Waals surface area contributed by atoms with Gasteiger partial charge in [-0.15, -0.1) is 0 Å². The Labute approximate surface area is 133 Å². The highest BCUT2D eigenvalue weighted by Crippen LogP contribution is 2.20. The Balaban J connectivity index is 2.44. The van der Waals surface area contributed by atoms with Gasteiger partial charge >= 0.3 is 0 Å². The number of carbonyl (C=O) groups excluding carboxylic acids is 2. The van der Waals surface area contributed by atoms with Gasteiger partial charge in [-0.2, -0.15) is 0 Å². The van der Waals surface area contributed by atoms with Gasteiger partial charge in [-0.1, -0.05) is 37.0 Å². The van der Waals surface area contributed by atoms with Crippen LogP contribution in [0.1, 0.15) is 24.2 Å². The summed E-state index contributed by atoms with van der Waals surface area (Å²) in [6.45, 7) is 3.65. The number of amides is 2. The van der Waals surface area contributed by atoms with E-state index in [1.54, 1.807) is 6.07 Å². The third kappa shape index (κ3) is 5.91. The summed E-state index contributed by atoms with van der Waals surface area (Å²) in [6, 6.07) is 4.49. The minimum atomic E-state index is -0.615. The second-order valence-electron chi connectivity index (χ2n) is 4.92. The molecule has 1 unspecified atom stereocenters. The summed E-state index contributed by atoms with van der Waals surface area (Å²) in [7, 11) is 0. The molecule has 5 nitrogen and oxygen atoms in total. The number of aliphatic hydroxyl groups excluding tert-OH is 1. The van der Waals surface area contributed by atoms with Crippen molar-refractivity contribution in [3.05, 3.63) is 33.8 Å². The molecule has 0 aliphatic carbocycles. The second-order valence-corrected chi connectivity index (χ2v) is 5.77. The lowest BCUT2D eigenvalue weighted by atomic mass is 10.1. The molecule has 21 heavy (non-hydrogen) atoms. The predicted molar refractivity (Wildman–Crippen MR) is 82.6 cm³/mol. The molecule has 0 aliphatic rings. The lowest BCUT2D eigenvalue weighted by molar-refractivity contribution is -0.120. The maximum atomic E-state index is 11.9. The Morgan fingerprint density at radius 1 is 1.24 bits per heavy atom. The molecule has 1 atom stereocenters. The molecule has 2 amide bonds. The number of halogens is 2. The largest absolute Gasteiger partial charge is 0.391 e. The van der Waals surface area contributed by atoms with Gasteiger partial charge < -0.3 is 15.7 Å². The van der Waals surface area contributed by atoms with Crippen LogP contribution in [0.25, 0.3) is 0 Å². The molecule has 0 aromatic heterocycles. The van der Waals surface area contributed by atoms with Gasteiger partial charge in [0.2, 0.25) is 5.91 Å². The molecule has 0 fully saturated rings. The van der Waals surface area contributed by atoms with Crippen LogP contribution in [-0.2, 0) is 4.79 Å². The van der Waals surface area contributed by atoms with Gasteiger partial charge in [0.05, 0.1) is 23.2 Å². The van der Waals surface area contributed by atoms with E-state index in [0.717, 1.165) is 0 Å². The van der Waals surface area contributed by atoms with E-state index in [1.807, 2.05) is 13.8 Å². The van der Waals surface area contributed by atoms with Crippen LogP contribution in [0.3, 0.4) is 0 Å². The van der Waals surface area contributed by atoms with Crippen molar-refractivity contribution in [3.8, 4) is 0 Å². The quantitative estimate of drug-likeness (QED) is 0.743. The van der Waals surface area contributed by atoms with Gasteiger partial charge in [-0.05, 0) is 24.1 Å². The molecule has 0 bridgehead atoms. The Hall–Kier alpha value is -1.30. The first-order valence-corrected chi connectivity index (χ1v) is 7.25. The van der Waals surface area contributed by atoms with E-state index in [4.69, 9.17) is 23.2 Å². The van der Waals surface area contributed by atoms with Crippen LogP contribution in [0, 0.1) is 5.92 Å². The highest BCUT2D eigenvalue weighted by molar-refractivity contribution is 6.36. The van der Waals surface area contributed by atoms with Crippen LogP contribution in [0.15, 0.2) is 18.2 Å². The molecule has 0 spiro atoms. The molecule has 0 heterocycles. The van der Waals surface area contributed by atoms with Crippen LogP contribution in [0.5, 0.6) is 0 Å². The number of benzene rings is 1. The molecule has 116 valence electrons. The summed E-state index contributed by atoms with van der Waals surface area (Å²) in [6.07, 6.45) is -0.615. The van der Waals surface area contributed by atoms with Gasteiger partial charge in [0.25, 0.3) is 5.91 Å². The molecule has 0 radical (unpaired) electrons. The summed E-state index contributed by atoms with van der Waals surface area (Å²) in [5.74, 6) is -0.794. The van der Waals surface area contributed by atoms with Crippen molar-refractivity contribution < 1.29 is 14.7 Å². The van der Waals surface area contributed by atoms with E-state index in [2.05, 4.69) is 10.6 Å². The lowest BCUT2D eigenvalue weighted by Gasteiger charge is -2.15. The highest BCUT2D eigenvalue weighted by Gasteiger charge is 2.13. The van der Waals surface area contributed by atoms with Gasteiger partial charge in [-0.25, -0.2) is 0 Å². The number of hydrogen-bond donors (Lipinski definition) is 3. The third-order valence-electron chi connectivity index (χ3n) is 2.86. The Bertz CT molecular complexity index is 521. The first-order valence-electron chi connectivity index (χ1n) is 6.49. The molecular formula is C14H18Cl2N2O3. The van der Waals surface area contributed by atoms with Crippen molar-refractivity contribution in [3.63, 3.8) is 0 Å². The van der Waals surface area contributed by atoms with Crippen LogP contribution in [-0.4, -0.2) is 36.1 Å². The first-order chi connectivity index (χ1) is 9.81. The Morgan fingerprint density at radius 2 is 1.90 bits per heavy atom. The van der Waals surface area contributed by atoms with Gasteiger partial charge in [0.1, 0.15) is 0 Å². The normalized spacial score (nSPS) is 12.1. The molecule has 1 rings (SSSR count). The number of rotatable bonds is 6. The van der Waals surface area contributed by atoms with E-state index in [1.165, 1.54) is 12.1 Å². The third-order valence-corrected chi connectivity index (χ3v) is 3.41. The van der Waals surface area contributed by atoms with Crippen LogP contribution in [0.2, 0.25) is 10.0 Å². The fraction of sp³-hybridized carbons (Fsp3) is 0.429. The Kier molecular flexibility index (Phi) is 6.95. The predicted octanol–water partition coefficient (Wildman–Crippen LogP) is 1.86. The van der Waals surface area contributed by atoms with Crippen molar-refractivity contribution in [2.75, 3.05) is 13.1 Å². The molecule has 3 N–H and O–H groups in total. The van der Waals surface area contributed by atoms with Crippen LogP contribution in [0.4, 0.5) is 0 Å². The zero-order valence-electron chi connectivity index (χ0n) is 11.8. The lowest BCUT2D eigenvalue weighted by Crippen LogP contribution is -2.41. The number of carbonyl (C=O) groups is 2. The summed E-state index contributed by atoms with van der Waals surface area (Å²) >= 11 is 11.6. The zero-order chi connectivity index (χ0) is 16.0. The average Bonchev–Trinajstić information content (AvgIpc) is 2.41. The zero-order valence-corrected chi connectivity index (χ0v) is 13.3. The average molecular weight is 333 g/mol. The molecule has 0 saturated heterocycles. The van der Waals surface area contributed by atoms with Crippen molar-refractivity contribution in [2.24, 2.45) is 5.92 Å². The van der Waals surface area contributed by atoms with Gasteiger partial charge in [0, 0.05) is 11.6 Å². The maximum Gasteiger partial charge on any atom is 0.253 e. The molecule has 0 aliphatic heterocycles. The fourth-order valence-electron chi connectivity index (χ4n) is 1.45. The van der Waals surface area contributed by atoms with Crippen LogP contribution >= 0.6 is 23.2 Å². The fourth-order valence-corrected chi connectivity index (χ4v) is 1.94. The maximum absolute atomic E-state index is 11.9. The van der Waals surface area contributed by atoms with Crippen molar-refractivity contribution in [1.29, 1.82) is 0 Å². The monoisotopic (exact) mass is 332 g/mol. The minimum absolute atomic E-state index is 0.0489. The standard InChI is InChI=1S/C14H18Cl2N2O3/c1-8(2)12(19)6-17-13(20)7-18-14(21)10-4-3-9(15)5-11(10)16/h3-5,8,12,19H,6-7H2,1-2H3,(H,17,20)(H,18,21).